The van der Waals surface area contributed by atoms with Crippen LogP contribution >= 0.6 is 11.3 Å². The van der Waals surface area contributed by atoms with Crippen molar-refractivity contribution in [1.82, 2.24) is 10.2 Å². The predicted molar refractivity (Wildman–Crippen MR) is 106 cm³/mol. The van der Waals surface area contributed by atoms with Crippen LogP contribution in [0.3, 0.4) is 0 Å². The van der Waals surface area contributed by atoms with Gasteiger partial charge in [-0.3, -0.25) is 14.5 Å². The molecule has 1 aliphatic carbocycles. The maximum absolute atomic E-state index is 13.3. The fourth-order valence-electron chi connectivity index (χ4n) is 4.84. The van der Waals surface area contributed by atoms with Crippen LogP contribution in [0.2, 0.25) is 0 Å². The van der Waals surface area contributed by atoms with Gasteiger partial charge in [0.25, 0.3) is 5.91 Å². The molecule has 0 bridgehead atoms. The Bertz CT molecular complexity index is 1000. The Morgan fingerprint density at radius 3 is 2.96 bits per heavy atom. The highest BCUT2D eigenvalue weighted by molar-refractivity contribution is 7.10. The molecule has 4 amide bonds. The van der Waals surface area contributed by atoms with Gasteiger partial charge in [-0.05, 0) is 55.7 Å². The van der Waals surface area contributed by atoms with Crippen LogP contribution in [0.1, 0.15) is 35.8 Å². The molecule has 28 heavy (non-hydrogen) atoms. The number of carbonyl (C=O) groups excluding carboxylic acids is 3. The van der Waals surface area contributed by atoms with E-state index in [4.69, 9.17) is 0 Å². The van der Waals surface area contributed by atoms with Crippen LogP contribution in [0.5, 0.6) is 0 Å². The third kappa shape index (κ3) is 2.35. The van der Waals surface area contributed by atoms with E-state index in [9.17, 15) is 14.4 Å². The lowest BCUT2D eigenvalue weighted by Gasteiger charge is -2.31. The number of urea groups is 1. The molecule has 5 rings (SSSR count). The summed E-state index contributed by atoms with van der Waals surface area (Å²) in [6.45, 7) is 1.76. The summed E-state index contributed by atoms with van der Waals surface area (Å²) in [5.74, 6) is -0.523. The van der Waals surface area contributed by atoms with Crippen LogP contribution in [0.25, 0.3) is 0 Å². The van der Waals surface area contributed by atoms with Crippen molar-refractivity contribution in [2.24, 2.45) is 0 Å². The molecule has 0 saturated carbocycles. The number of nitrogens with zero attached hydrogens (tertiary/aromatic N) is 2. The maximum atomic E-state index is 13.3. The summed E-state index contributed by atoms with van der Waals surface area (Å²) in [4.78, 5) is 43.1. The Hall–Kier alpha value is -2.67. The van der Waals surface area contributed by atoms with E-state index in [2.05, 4.69) is 5.32 Å². The summed E-state index contributed by atoms with van der Waals surface area (Å²) in [5, 5.41) is 4.88. The fourth-order valence-corrected chi connectivity index (χ4v) is 5.84. The second kappa shape index (κ2) is 6.17. The van der Waals surface area contributed by atoms with Crippen LogP contribution in [0, 0.1) is 0 Å². The summed E-state index contributed by atoms with van der Waals surface area (Å²) < 4.78 is 0. The number of hydrogen-bond acceptors (Lipinski definition) is 4. The average molecular weight is 395 g/mol. The van der Waals surface area contributed by atoms with Gasteiger partial charge in [0.15, 0.2) is 0 Å². The fraction of sp³-hybridized carbons (Fsp3) is 0.381. The molecule has 1 aromatic heterocycles. The average Bonchev–Trinajstić information content (AvgIpc) is 3.34. The summed E-state index contributed by atoms with van der Waals surface area (Å²) in [5.41, 5.74) is 1.89. The number of hydrogen-bond donors (Lipinski definition) is 1. The standard InChI is InChI=1S/C21H21N3O3S/c1-13-11-14-5-2-3-6-16(14)24(13)18(25)12-23-19(26)21(22-20(23)27)9-4-7-17-15(21)8-10-28-17/h2-3,5-6,8,10,13H,4,7,9,11-12H2,1H3,(H,22,27)/t13-,21-/m1/s1. The lowest BCUT2D eigenvalue weighted by molar-refractivity contribution is -0.135. The molecule has 1 spiro atoms. The lowest BCUT2D eigenvalue weighted by Crippen LogP contribution is -2.48. The topological polar surface area (TPSA) is 69.7 Å². The van der Waals surface area contributed by atoms with Gasteiger partial charge in [-0.2, -0.15) is 0 Å². The Balaban J connectivity index is 1.42. The van der Waals surface area contributed by atoms with Crippen molar-refractivity contribution in [2.75, 3.05) is 11.4 Å². The number of imide groups is 1. The van der Waals surface area contributed by atoms with Crippen LogP contribution in [-0.2, 0) is 28.0 Å². The van der Waals surface area contributed by atoms with Gasteiger partial charge in [-0.25, -0.2) is 4.79 Å². The molecule has 3 aliphatic rings. The van der Waals surface area contributed by atoms with Gasteiger partial charge >= 0.3 is 6.03 Å². The Morgan fingerprint density at radius 2 is 2.11 bits per heavy atom. The number of fused-ring (bicyclic) bond motifs is 3. The number of nitrogens with one attached hydrogen (secondary N) is 1. The van der Waals surface area contributed by atoms with E-state index in [0.29, 0.717) is 6.42 Å². The van der Waals surface area contributed by atoms with Gasteiger partial charge in [0, 0.05) is 22.2 Å². The zero-order valence-corrected chi connectivity index (χ0v) is 16.4. The van der Waals surface area contributed by atoms with Crippen molar-refractivity contribution in [2.45, 2.75) is 44.2 Å². The monoisotopic (exact) mass is 395 g/mol. The second-order valence-electron chi connectivity index (χ2n) is 7.78. The Kier molecular flexibility index (Phi) is 3.84. The first kappa shape index (κ1) is 17.4. The first-order chi connectivity index (χ1) is 13.5. The SMILES string of the molecule is C[C@@H]1Cc2ccccc2N1C(=O)CN1C(=O)N[C@@]2(CCCc3sccc32)C1=O. The first-order valence-electron chi connectivity index (χ1n) is 9.62. The molecule has 1 saturated heterocycles. The molecule has 1 aromatic carbocycles. The summed E-state index contributed by atoms with van der Waals surface area (Å²) in [6, 6.07) is 9.27. The van der Waals surface area contributed by atoms with Gasteiger partial charge in [-0.1, -0.05) is 18.2 Å². The Labute approximate surface area is 167 Å². The minimum Gasteiger partial charge on any atom is -0.319 e. The summed E-state index contributed by atoms with van der Waals surface area (Å²) in [6.07, 6.45) is 3.13. The van der Waals surface area contributed by atoms with Gasteiger partial charge < -0.3 is 10.2 Å². The van der Waals surface area contributed by atoms with E-state index in [1.807, 2.05) is 42.6 Å². The predicted octanol–water partition coefficient (Wildman–Crippen LogP) is 2.81. The van der Waals surface area contributed by atoms with Crippen LogP contribution < -0.4 is 10.2 Å². The number of benzene rings is 1. The highest BCUT2D eigenvalue weighted by atomic mass is 32.1. The van der Waals surface area contributed by atoms with Crippen molar-refractivity contribution in [3.63, 3.8) is 0 Å². The minimum absolute atomic E-state index is 0.0118. The van der Waals surface area contributed by atoms with Crippen LogP contribution in [-0.4, -0.2) is 35.3 Å². The van der Waals surface area contributed by atoms with Gasteiger partial charge in [0.2, 0.25) is 5.91 Å². The normalized spacial score (nSPS) is 25.8. The van der Waals surface area contributed by atoms with Crippen molar-refractivity contribution in [1.29, 1.82) is 0 Å². The molecule has 2 atom stereocenters. The van der Waals surface area contributed by atoms with Gasteiger partial charge in [0.05, 0.1) is 0 Å². The largest absolute Gasteiger partial charge is 0.325 e. The number of anilines is 1. The van der Waals surface area contributed by atoms with Crippen molar-refractivity contribution >= 4 is 34.9 Å². The molecule has 2 aliphatic heterocycles. The number of thiophene rings is 1. The van der Waals surface area contributed by atoms with Crippen LogP contribution in [0.4, 0.5) is 10.5 Å². The summed E-state index contributed by atoms with van der Waals surface area (Å²) in [7, 11) is 0. The van der Waals surface area contributed by atoms with E-state index in [0.717, 1.165) is 45.9 Å². The molecule has 0 unspecified atom stereocenters. The third-order valence-electron chi connectivity index (χ3n) is 6.11. The van der Waals surface area contributed by atoms with Crippen molar-refractivity contribution < 1.29 is 14.4 Å². The van der Waals surface area contributed by atoms with Crippen LogP contribution in [0.15, 0.2) is 35.7 Å². The molecule has 3 heterocycles. The van der Waals surface area contributed by atoms with E-state index < -0.39 is 11.6 Å². The highest BCUT2D eigenvalue weighted by Crippen LogP contribution is 2.42. The van der Waals surface area contributed by atoms with Crippen molar-refractivity contribution in [3.05, 3.63) is 51.7 Å². The van der Waals surface area contributed by atoms with E-state index >= 15 is 0 Å². The maximum Gasteiger partial charge on any atom is 0.325 e. The van der Waals surface area contributed by atoms with E-state index in [-0.39, 0.29) is 24.4 Å². The minimum atomic E-state index is -1.00. The molecule has 7 heteroatoms. The Morgan fingerprint density at radius 1 is 1.29 bits per heavy atom. The van der Waals surface area contributed by atoms with E-state index in [1.54, 1.807) is 16.2 Å². The molecule has 144 valence electrons. The second-order valence-corrected chi connectivity index (χ2v) is 8.78. The van der Waals surface area contributed by atoms with Crippen molar-refractivity contribution in [3.8, 4) is 0 Å². The smallest absolute Gasteiger partial charge is 0.319 e. The molecule has 0 radical (unpaired) electrons. The zero-order valence-electron chi connectivity index (χ0n) is 15.6. The van der Waals surface area contributed by atoms with Gasteiger partial charge in [-0.15, -0.1) is 11.3 Å². The molecule has 1 N–H and O–H groups in total. The quantitative estimate of drug-likeness (QED) is 0.795. The number of aryl methyl sites for hydroxylation is 1. The zero-order chi connectivity index (χ0) is 19.5. The molecular formula is C21H21N3O3S. The molecule has 6 nitrogen and oxygen atoms in total. The highest BCUT2D eigenvalue weighted by Gasteiger charge is 2.55. The van der Waals surface area contributed by atoms with Gasteiger partial charge in [0.1, 0.15) is 12.1 Å². The summed E-state index contributed by atoms with van der Waals surface area (Å²) >= 11 is 1.62. The number of para-hydroxylation sites is 1. The molecular weight excluding hydrogens is 374 g/mol. The number of rotatable bonds is 2. The van der Waals surface area contributed by atoms with E-state index in [1.165, 1.54) is 0 Å². The molecule has 2 aromatic rings. The third-order valence-corrected chi connectivity index (χ3v) is 7.09. The lowest BCUT2D eigenvalue weighted by atomic mass is 9.80. The number of carbonyl (C=O) groups is 3. The number of amides is 4. The molecule has 1 fully saturated rings. The first-order valence-corrected chi connectivity index (χ1v) is 10.5.